The van der Waals surface area contributed by atoms with Gasteiger partial charge in [-0.3, -0.25) is 4.79 Å². The fourth-order valence-electron chi connectivity index (χ4n) is 0.809. The summed E-state index contributed by atoms with van der Waals surface area (Å²) in [6.07, 6.45) is 0. The van der Waals surface area contributed by atoms with Gasteiger partial charge in [0.1, 0.15) is 4.21 Å². The highest BCUT2D eigenvalue weighted by Crippen LogP contribution is 2.32. The Morgan fingerprint density at radius 1 is 1.47 bits per heavy atom. The summed E-state index contributed by atoms with van der Waals surface area (Å²) in [5.41, 5.74) is 0. The lowest BCUT2D eigenvalue weighted by Gasteiger charge is -2.18. The monoisotopic (exact) mass is 268 g/mol. The number of hydrogen-bond acceptors (Lipinski definition) is 4. The second-order valence-corrected chi connectivity index (χ2v) is 7.82. The SMILES string of the molecule is CC(C)(C(=O)O)S(=O)(=O)c1ccc(Cl)s1. The summed E-state index contributed by atoms with van der Waals surface area (Å²) in [6, 6.07) is 2.74. The number of carboxylic acid groups (broad SMARTS) is 1. The van der Waals surface area contributed by atoms with Crippen LogP contribution in [0.15, 0.2) is 16.3 Å². The van der Waals surface area contributed by atoms with Crippen LogP contribution in [0.1, 0.15) is 13.8 Å². The molecule has 1 rings (SSSR count). The molecule has 0 aliphatic carbocycles. The van der Waals surface area contributed by atoms with E-state index in [9.17, 15) is 13.2 Å². The molecule has 0 spiro atoms. The lowest BCUT2D eigenvalue weighted by atomic mass is 10.2. The van der Waals surface area contributed by atoms with Crippen LogP contribution in [0.5, 0.6) is 0 Å². The molecule has 1 heterocycles. The lowest BCUT2D eigenvalue weighted by Crippen LogP contribution is -2.40. The van der Waals surface area contributed by atoms with Crippen molar-refractivity contribution >= 4 is 38.7 Å². The van der Waals surface area contributed by atoms with Gasteiger partial charge in [-0.2, -0.15) is 0 Å². The molecule has 4 nitrogen and oxygen atoms in total. The first-order chi connectivity index (χ1) is 6.69. The van der Waals surface area contributed by atoms with Crippen LogP contribution in [0.4, 0.5) is 0 Å². The normalized spacial score (nSPS) is 12.7. The minimum Gasteiger partial charge on any atom is -0.480 e. The molecule has 84 valence electrons. The molecule has 7 heteroatoms. The smallest absolute Gasteiger partial charge is 0.324 e. The lowest BCUT2D eigenvalue weighted by molar-refractivity contribution is -0.139. The topological polar surface area (TPSA) is 71.4 Å². The van der Waals surface area contributed by atoms with Crippen molar-refractivity contribution in [2.75, 3.05) is 0 Å². The number of halogens is 1. The van der Waals surface area contributed by atoms with Gasteiger partial charge in [0.25, 0.3) is 0 Å². The van der Waals surface area contributed by atoms with Gasteiger partial charge in [0.2, 0.25) is 9.84 Å². The van der Waals surface area contributed by atoms with Crippen LogP contribution >= 0.6 is 22.9 Å². The summed E-state index contributed by atoms with van der Waals surface area (Å²) in [5, 5.41) is 8.84. The van der Waals surface area contributed by atoms with Crippen LogP contribution in [0.25, 0.3) is 0 Å². The maximum absolute atomic E-state index is 11.9. The fraction of sp³-hybridized carbons (Fsp3) is 0.375. The van der Waals surface area contributed by atoms with Crippen molar-refractivity contribution in [3.63, 3.8) is 0 Å². The number of carboxylic acids is 1. The molecule has 0 aromatic carbocycles. The number of aliphatic carboxylic acids is 1. The summed E-state index contributed by atoms with van der Waals surface area (Å²) in [4.78, 5) is 10.8. The molecule has 0 fully saturated rings. The molecule has 0 saturated carbocycles. The minimum absolute atomic E-state index is 0.0279. The molecule has 0 saturated heterocycles. The van der Waals surface area contributed by atoms with Gasteiger partial charge in [0.15, 0.2) is 4.75 Å². The van der Waals surface area contributed by atoms with E-state index in [1.54, 1.807) is 0 Å². The van der Waals surface area contributed by atoms with E-state index >= 15 is 0 Å². The Balaban J connectivity index is 3.32. The Morgan fingerprint density at radius 3 is 2.33 bits per heavy atom. The quantitative estimate of drug-likeness (QED) is 0.911. The van der Waals surface area contributed by atoms with Crippen molar-refractivity contribution in [1.82, 2.24) is 0 Å². The van der Waals surface area contributed by atoms with Crippen LogP contribution in [0.3, 0.4) is 0 Å². The van der Waals surface area contributed by atoms with Crippen molar-refractivity contribution in [2.45, 2.75) is 22.8 Å². The first-order valence-electron chi connectivity index (χ1n) is 3.93. The highest BCUT2D eigenvalue weighted by Gasteiger charge is 2.43. The van der Waals surface area contributed by atoms with E-state index in [-0.39, 0.29) is 4.21 Å². The molecule has 0 radical (unpaired) electrons. The molecule has 0 aliphatic heterocycles. The summed E-state index contributed by atoms with van der Waals surface area (Å²) < 4.78 is 22.2. The molecule has 1 aromatic heterocycles. The minimum atomic E-state index is -3.88. The zero-order chi connectivity index (χ0) is 11.9. The van der Waals surface area contributed by atoms with Crippen LogP contribution in [-0.2, 0) is 14.6 Å². The highest BCUT2D eigenvalue weighted by molar-refractivity contribution is 7.95. The van der Waals surface area contributed by atoms with E-state index in [2.05, 4.69) is 0 Å². The number of thiophene rings is 1. The van der Waals surface area contributed by atoms with E-state index in [1.165, 1.54) is 12.1 Å². The van der Waals surface area contributed by atoms with Crippen molar-refractivity contribution in [3.8, 4) is 0 Å². The second-order valence-electron chi connectivity index (χ2n) is 3.38. The fourth-order valence-corrected chi connectivity index (χ4v) is 4.04. The van der Waals surface area contributed by atoms with Crippen LogP contribution in [0, 0.1) is 0 Å². The summed E-state index contributed by atoms with van der Waals surface area (Å²) in [6.45, 7) is 2.30. The molecule has 0 atom stereocenters. The van der Waals surface area contributed by atoms with Gasteiger partial charge < -0.3 is 5.11 Å². The Morgan fingerprint density at radius 2 is 2.00 bits per heavy atom. The maximum atomic E-state index is 11.9. The number of rotatable bonds is 3. The van der Waals surface area contributed by atoms with Crippen LogP contribution in [-0.4, -0.2) is 24.2 Å². The van der Waals surface area contributed by atoms with E-state index < -0.39 is 20.6 Å². The molecule has 0 bridgehead atoms. The second kappa shape index (κ2) is 3.77. The van der Waals surface area contributed by atoms with Crippen LogP contribution < -0.4 is 0 Å². The predicted octanol–water partition coefficient (Wildman–Crippen LogP) is 2.04. The Labute approximate surface area is 96.4 Å². The van der Waals surface area contributed by atoms with Crippen molar-refractivity contribution in [1.29, 1.82) is 0 Å². The Bertz CT molecular complexity index is 486. The average molecular weight is 269 g/mol. The number of carbonyl (C=O) groups is 1. The molecular formula is C8H9ClO4S2. The Hall–Kier alpha value is -0.590. The maximum Gasteiger partial charge on any atom is 0.324 e. The van der Waals surface area contributed by atoms with Crippen molar-refractivity contribution in [2.24, 2.45) is 0 Å². The predicted molar refractivity (Wildman–Crippen MR) is 58.2 cm³/mol. The first kappa shape index (κ1) is 12.5. The van der Waals surface area contributed by atoms with Gasteiger partial charge in [-0.15, -0.1) is 11.3 Å². The molecule has 15 heavy (non-hydrogen) atoms. The van der Waals surface area contributed by atoms with Gasteiger partial charge in [0.05, 0.1) is 4.34 Å². The van der Waals surface area contributed by atoms with Gasteiger partial charge in [-0.25, -0.2) is 8.42 Å². The van der Waals surface area contributed by atoms with E-state index in [0.29, 0.717) is 4.34 Å². The van der Waals surface area contributed by atoms with Gasteiger partial charge in [-0.05, 0) is 26.0 Å². The average Bonchev–Trinajstić information content (AvgIpc) is 2.51. The van der Waals surface area contributed by atoms with Crippen LogP contribution in [0.2, 0.25) is 4.34 Å². The largest absolute Gasteiger partial charge is 0.480 e. The molecule has 1 aromatic rings. The zero-order valence-corrected chi connectivity index (χ0v) is 10.4. The number of hydrogen-bond donors (Lipinski definition) is 1. The third-order valence-corrected chi connectivity index (χ3v) is 6.12. The first-order valence-corrected chi connectivity index (χ1v) is 6.60. The zero-order valence-electron chi connectivity index (χ0n) is 8.02. The van der Waals surface area contributed by atoms with E-state index in [0.717, 1.165) is 25.2 Å². The standard InChI is InChI=1S/C8H9ClO4S2/c1-8(2,7(10)11)15(12,13)6-4-3-5(9)14-6/h3-4H,1-2H3,(H,10,11). The molecule has 0 aliphatic rings. The van der Waals surface area contributed by atoms with Gasteiger partial charge in [-0.1, -0.05) is 11.6 Å². The highest BCUT2D eigenvalue weighted by atomic mass is 35.5. The van der Waals surface area contributed by atoms with Crippen molar-refractivity contribution in [3.05, 3.63) is 16.5 Å². The molecular weight excluding hydrogens is 260 g/mol. The number of sulfone groups is 1. The summed E-state index contributed by atoms with van der Waals surface area (Å²) >= 11 is 6.46. The third-order valence-electron chi connectivity index (χ3n) is 2.00. The third kappa shape index (κ3) is 2.02. The molecule has 1 N–H and O–H groups in total. The molecule has 0 amide bonds. The van der Waals surface area contributed by atoms with Gasteiger partial charge in [0, 0.05) is 0 Å². The van der Waals surface area contributed by atoms with E-state index in [1.807, 2.05) is 0 Å². The molecule has 0 unspecified atom stereocenters. The summed E-state index contributed by atoms with van der Waals surface area (Å²) in [7, 11) is -3.88. The Kier molecular flexibility index (Phi) is 3.14. The summed E-state index contributed by atoms with van der Waals surface area (Å²) in [5.74, 6) is -1.38. The van der Waals surface area contributed by atoms with E-state index in [4.69, 9.17) is 16.7 Å². The van der Waals surface area contributed by atoms with Gasteiger partial charge >= 0.3 is 5.97 Å². The van der Waals surface area contributed by atoms with Crippen molar-refractivity contribution < 1.29 is 18.3 Å².